The molecule has 2 fully saturated rings. The summed E-state index contributed by atoms with van der Waals surface area (Å²) in [6.45, 7) is 12.0. The van der Waals surface area contributed by atoms with Crippen molar-refractivity contribution < 1.29 is 28.5 Å². The zero-order valence-electron chi connectivity index (χ0n) is 25.2. The van der Waals surface area contributed by atoms with Gasteiger partial charge in [0.05, 0.1) is 25.9 Å². The molecule has 0 spiro atoms. The van der Waals surface area contributed by atoms with Crippen LogP contribution in [0.5, 0.6) is 0 Å². The zero-order chi connectivity index (χ0) is 28.7. The molecule has 2 aliphatic rings. The van der Waals surface area contributed by atoms with E-state index in [2.05, 4.69) is 18.8 Å². The van der Waals surface area contributed by atoms with E-state index in [0.717, 1.165) is 57.3 Å². The third-order valence-corrected chi connectivity index (χ3v) is 8.07. The number of ether oxygens (including phenoxy) is 5. The number of carbonyl (C=O) groups excluding carboxylic acids is 1. The van der Waals surface area contributed by atoms with Gasteiger partial charge in [0.15, 0.2) is 11.6 Å². The Morgan fingerprint density at radius 1 is 0.950 bits per heavy atom. The highest BCUT2D eigenvalue weighted by atomic mass is 16.7. The molecule has 226 valence electrons. The Morgan fingerprint density at radius 3 is 2.23 bits per heavy atom. The zero-order valence-corrected chi connectivity index (χ0v) is 25.2. The molecular weight excluding hydrogens is 506 g/mol. The van der Waals surface area contributed by atoms with Gasteiger partial charge in [-0.15, -0.1) is 6.58 Å². The molecule has 1 amide bonds. The lowest BCUT2D eigenvalue weighted by Gasteiger charge is -2.48. The molecule has 40 heavy (non-hydrogen) atoms. The van der Waals surface area contributed by atoms with Crippen molar-refractivity contribution in [1.82, 2.24) is 5.32 Å². The molecule has 0 radical (unpaired) electrons. The molecule has 2 aliphatic heterocycles. The van der Waals surface area contributed by atoms with Crippen molar-refractivity contribution in [2.45, 2.75) is 134 Å². The van der Waals surface area contributed by atoms with Crippen LogP contribution in [0.3, 0.4) is 0 Å². The quantitative estimate of drug-likeness (QED) is 0.146. The predicted octanol–water partition coefficient (Wildman–Crippen LogP) is 7.82. The van der Waals surface area contributed by atoms with Crippen LogP contribution >= 0.6 is 0 Å². The van der Waals surface area contributed by atoms with Crippen LogP contribution in [0.4, 0.5) is 4.79 Å². The summed E-state index contributed by atoms with van der Waals surface area (Å²) in [5.74, 6) is -1.05. The van der Waals surface area contributed by atoms with E-state index in [9.17, 15) is 4.79 Å². The van der Waals surface area contributed by atoms with Gasteiger partial charge in [0.25, 0.3) is 0 Å². The number of alkyl carbamates (subject to hydrolysis) is 1. The van der Waals surface area contributed by atoms with Crippen LogP contribution in [-0.2, 0) is 30.3 Å². The van der Waals surface area contributed by atoms with Gasteiger partial charge in [0, 0.05) is 12.8 Å². The number of benzene rings is 1. The van der Waals surface area contributed by atoms with Gasteiger partial charge in [-0.1, -0.05) is 94.7 Å². The third kappa shape index (κ3) is 10.5. The number of hydrogen-bond acceptors (Lipinski definition) is 6. The largest absolute Gasteiger partial charge is 0.445 e. The first-order valence-electron chi connectivity index (χ1n) is 15.5. The van der Waals surface area contributed by atoms with Crippen LogP contribution in [0, 0.1) is 0 Å². The van der Waals surface area contributed by atoms with E-state index in [0.29, 0.717) is 6.61 Å². The average Bonchev–Trinajstić information content (AvgIpc) is 3.42. The Hall–Kier alpha value is -1.93. The summed E-state index contributed by atoms with van der Waals surface area (Å²) in [5, 5.41) is 3.01. The van der Waals surface area contributed by atoms with E-state index in [1.807, 2.05) is 44.2 Å². The van der Waals surface area contributed by atoms with Gasteiger partial charge in [-0.2, -0.15) is 0 Å². The second-order valence-electron chi connectivity index (χ2n) is 11.8. The van der Waals surface area contributed by atoms with Crippen molar-refractivity contribution >= 4 is 6.09 Å². The van der Waals surface area contributed by atoms with Gasteiger partial charge in [0.2, 0.25) is 0 Å². The van der Waals surface area contributed by atoms with Crippen molar-refractivity contribution in [2.75, 3.05) is 19.8 Å². The molecule has 0 aliphatic carbocycles. The number of rotatable bonds is 18. The van der Waals surface area contributed by atoms with E-state index >= 15 is 0 Å². The van der Waals surface area contributed by atoms with E-state index in [4.69, 9.17) is 23.7 Å². The van der Waals surface area contributed by atoms with Crippen LogP contribution in [0.15, 0.2) is 43.0 Å². The lowest BCUT2D eigenvalue weighted by molar-refractivity contribution is -0.295. The molecule has 0 aromatic heterocycles. The molecule has 7 heteroatoms. The number of carbonyl (C=O) groups is 1. The molecule has 1 aromatic rings. The lowest BCUT2D eigenvalue weighted by Crippen LogP contribution is -2.65. The summed E-state index contributed by atoms with van der Waals surface area (Å²) in [4.78, 5) is 12.7. The molecule has 1 aromatic carbocycles. The predicted molar refractivity (Wildman–Crippen MR) is 158 cm³/mol. The molecule has 2 atom stereocenters. The second kappa shape index (κ2) is 16.5. The minimum Gasteiger partial charge on any atom is -0.445 e. The van der Waals surface area contributed by atoms with Crippen LogP contribution in [0.2, 0.25) is 0 Å². The van der Waals surface area contributed by atoms with E-state index in [1.54, 1.807) is 6.08 Å². The molecule has 0 saturated carbocycles. The molecule has 2 saturated heterocycles. The molecule has 2 heterocycles. The van der Waals surface area contributed by atoms with Crippen LogP contribution < -0.4 is 5.32 Å². The normalized spacial score (nSPS) is 23.5. The van der Waals surface area contributed by atoms with Crippen LogP contribution in [0.25, 0.3) is 0 Å². The topological polar surface area (TPSA) is 75.3 Å². The summed E-state index contributed by atoms with van der Waals surface area (Å²) >= 11 is 0. The summed E-state index contributed by atoms with van der Waals surface area (Å²) in [5.41, 5.74) is 0.0975. The Kier molecular flexibility index (Phi) is 13.4. The highest BCUT2D eigenvalue weighted by Gasteiger charge is 2.47. The monoisotopic (exact) mass is 559 g/mol. The SMILES string of the molecule is C=C[C@@]1(NC(=O)OCc2ccccc2)COC(C)(C)O[C@@H]1CCCCCCCCC1(CCCCCC)OCCO1. The molecule has 0 bridgehead atoms. The summed E-state index contributed by atoms with van der Waals surface area (Å²) in [6, 6.07) is 9.64. The van der Waals surface area contributed by atoms with Gasteiger partial charge >= 0.3 is 6.09 Å². The fourth-order valence-corrected chi connectivity index (χ4v) is 5.65. The molecular formula is C33H53NO6. The smallest absolute Gasteiger partial charge is 0.408 e. The lowest BCUT2D eigenvalue weighted by atomic mass is 9.87. The first-order valence-corrected chi connectivity index (χ1v) is 15.5. The maximum Gasteiger partial charge on any atom is 0.408 e. The van der Waals surface area contributed by atoms with Gasteiger partial charge < -0.3 is 29.0 Å². The standard InChI is InChI=1S/C33H53NO6/c1-5-7-8-17-22-33(37-24-25-38-33)23-18-12-10-9-11-16-21-29-32(6-2,27-39-31(3,4)40-29)34-30(35)36-26-28-19-14-13-15-20-28/h6,13-15,19-20,29H,2,5,7-12,16-18,21-27H2,1,3-4H3,(H,34,35)/t29-,32-/m1/s1. The summed E-state index contributed by atoms with van der Waals surface area (Å²) in [7, 11) is 0. The second-order valence-corrected chi connectivity index (χ2v) is 11.8. The van der Waals surface area contributed by atoms with E-state index in [-0.39, 0.29) is 18.5 Å². The minimum absolute atomic E-state index is 0.204. The Labute approximate surface area is 242 Å². The highest BCUT2D eigenvalue weighted by molar-refractivity contribution is 5.69. The first-order chi connectivity index (χ1) is 19.3. The van der Waals surface area contributed by atoms with E-state index in [1.165, 1.54) is 44.9 Å². The Morgan fingerprint density at radius 2 is 1.57 bits per heavy atom. The third-order valence-electron chi connectivity index (χ3n) is 8.07. The molecule has 3 rings (SSSR count). The van der Waals surface area contributed by atoms with Crippen LogP contribution in [0.1, 0.15) is 110 Å². The molecule has 7 nitrogen and oxygen atoms in total. The number of unbranched alkanes of at least 4 members (excludes halogenated alkanes) is 8. The molecule has 0 unspecified atom stereocenters. The van der Waals surface area contributed by atoms with E-state index < -0.39 is 17.4 Å². The van der Waals surface area contributed by atoms with Gasteiger partial charge in [-0.3, -0.25) is 0 Å². The molecule has 1 N–H and O–H groups in total. The van der Waals surface area contributed by atoms with Crippen molar-refractivity contribution in [3.8, 4) is 0 Å². The number of hydrogen-bond donors (Lipinski definition) is 1. The maximum atomic E-state index is 12.7. The van der Waals surface area contributed by atoms with Crippen molar-refractivity contribution in [3.05, 3.63) is 48.6 Å². The van der Waals surface area contributed by atoms with Crippen molar-refractivity contribution in [1.29, 1.82) is 0 Å². The van der Waals surface area contributed by atoms with Crippen molar-refractivity contribution in [2.24, 2.45) is 0 Å². The maximum absolute atomic E-state index is 12.7. The summed E-state index contributed by atoms with van der Waals surface area (Å²) in [6.07, 6.45) is 15.6. The van der Waals surface area contributed by atoms with Crippen LogP contribution in [-0.4, -0.2) is 49.1 Å². The van der Waals surface area contributed by atoms with Gasteiger partial charge in [-0.05, 0) is 38.7 Å². The van der Waals surface area contributed by atoms with Gasteiger partial charge in [-0.25, -0.2) is 4.79 Å². The minimum atomic E-state index is -0.837. The average molecular weight is 560 g/mol. The Balaban J connectivity index is 1.38. The van der Waals surface area contributed by atoms with Gasteiger partial charge in [0.1, 0.15) is 12.1 Å². The Bertz CT molecular complexity index is 869. The number of amides is 1. The summed E-state index contributed by atoms with van der Waals surface area (Å²) < 4.78 is 29.8. The number of nitrogens with one attached hydrogen (secondary N) is 1. The highest BCUT2D eigenvalue weighted by Crippen LogP contribution is 2.34. The fraction of sp³-hybridized carbons (Fsp3) is 0.727. The van der Waals surface area contributed by atoms with Crippen molar-refractivity contribution in [3.63, 3.8) is 0 Å². The fourth-order valence-electron chi connectivity index (χ4n) is 5.65. The first kappa shape index (κ1) is 32.6.